The molecule has 19 heavy (non-hydrogen) atoms. The lowest BCUT2D eigenvalue weighted by Gasteiger charge is -2.27. The molecule has 106 valence electrons. The Hall–Kier alpha value is -1.09. The maximum atomic E-state index is 4.47. The molecule has 1 saturated heterocycles. The van der Waals surface area contributed by atoms with E-state index in [-0.39, 0.29) is 0 Å². The highest BCUT2D eigenvalue weighted by molar-refractivity contribution is 5.55. The lowest BCUT2D eigenvalue weighted by molar-refractivity contribution is 0.625. The van der Waals surface area contributed by atoms with E-state index in [1.165, 1.54) is 30.6 Å². The summed E-state index contributed by atoms with van der Waals surface area (Å²) in [6, 6.07) is 2.89. The molecule has 2 rings (SSSR count). The number of pyridine rings is 1. The number of hydrogen-bond acceptors (Lipinski definition) is 3. The van der Waals surface area contributed by atoms with Crippen LogP contribution in [0.2, 0.25) is 0 Å². The number of aromatic nitrogens is 1. The van der Waals surface area contributed by atoms with Crippen molar-refractivity contribution in [3.05, 3.63) is 23.5 Å². The quantitative estimate of drug-likeness (QED) is 0.825. The van der Waals surface area contributed by atoms with Crippen LogP contribution in [-0.4, -0.2) is 24.1 Å². The molecule has 0 bridgehead atoms. The monoisotopic (exact) mass is 261 g/mol. The van der Waals surface area contributed by atoms with Crippen LogP contribution in [-0.2, 0) is 6.54 Å². The van der Waals surface area contributed by atoms with Crippen molar-refractivity contribution < 1.29 is 0 Å². The van der Waals surface area contributed by atoms with Crippen molar-refractivity contribution in [3.8, 4) is 0 Å². The number of hydrogen-bond donors (Lipinski definition) is 1. The van der Waals surface area contributed by atoms with Gasteiger partial charge in [-0.15, -0.1) is 0 Å². The molecule has 0 spiro atoms. The van der Waals surface area contributed by atoms with Gasteiger partial charge in [0.25, 0.3) is 0 Å². The van der Waals surface area contributed by atoms with Gasteiger partial charge in [0.05, 0.1) is 0 Å². The van der Waals surface area contributed by atoms with Crippen LogP contribution in [0.15, 0.2) is 12.3 Å². The summed E-state index contributed by atoms with van der Waals surface area (Å²) in [5.41, 5.74) is 3.83. The van der Waals surface area contributed by atoms with Crippen LogP contribution in [0.1, 0.15) is 44.9 Å². The van der Waals surface area contributed by atoms with Crippen LogP contribution in [0.4, 0.5) is 5.69 Å². The molecule has 1 fully saturated rings. The minimum Gasteiger partial charge on any atom is -0.368 e. The van der Waals surface area contributed by atoms with Crippen LogP contribution in [0.5, 0.6) is 0 Å². The van der Waals surface area contributed by atoms with Crippen molar-refractivity contribution in [2.75, 3.05) is 18.0 Å². The number of anilines is 1. The smallest absolute Gasteiger partial charge is 0.0448 e. The molecule has 2 unspecified atom stereocenters. The SMILES string of the molecule is CCCNCc1cnc(C)cc1N1CC(C)CC1C. The number of rotatable bonds is 5. The van der Waals surface area contributed by atoms with Crippen LogP contribution in [0.25, 0.3) is 0 Å². The highest BCUT2D eigenvalue weighted by atomic mass is 15.2. The largest absolute Gasteiger partial charge is 0.368 e. The van der Waals surface area contributed by atoms with Crippen LogP contribution < -0.4 is 10.2 Å². The molecule has 0 saturated carbocycles. The predicted octanol–water partition coefficient (Wildman–Crippen LogP) is 3.12. The third-order valence-electron chi connectivity index (χ3n) is 3.93. The van der Waals surface area contributed by atoms with Crippen molar-refractivity contribution in [3.63, 3.8) is 0 Å². The second-order valence-electron chi connectivity index (χ2n) is 5.97. The maximum absolute atomic E-state index is 4.47. The number of aryl methyl sites for hydroxylation is 1. The van der Waals surface area contributed by atoms with Gasteiger partial charge in [-0.05, 0) is 45.2 Å². The second-order valence-corrected chi connectivity index (χ2v) is 5.97. The van der Waals surface area contributed by atoms with E-state index >= 15 is 0 Å². The first-order chi connectivity index (χ1) is 9.11. The van der Waals surface area contributed by atoms with Crippen LogP contribution in [0.3, 0.4) is 0 Å². The van der Waals surface area contributed by atoms with E-state index in [9.17, 15) is 0 Å². The van der Waals surface area contributed by atoms with E-state index in [0.717, 1.165) is 24.7 Å². The summed E-state index contributed by atoms with van der Waals surface area (Å²) < 4.78 is 0. The molecule has 1 N–H and O–H groups in total. The standard InChI is InChI=1S/C16H27N3/c1-5-6-17-9-15-10-18-13(3)8-16(15)19-11-12(2)7-14(19)4/h8,10,12,14,17H,5-7,9,11H2,1-4H3. The molecule has 0 aliphatic carbocycles. The minimum atomic E-state index is 0.640. The Bertz CT molecular complexity index is 416. The van der Waals surface area contributed by atoms with Crippen LogP contribution >= 0.6 is 0 Å². The van der Waals surface area contributed by atoms with E-state index in [0.29, 0.717) is 6.04 Å². The highest BCUT2D eigenvalue weighted by Crippen LogP contribution is 2.31. The normalized spacial score (nSPS) is 23.1. The molecule has 1 aromatic heterocycles. The summed E-state index contributed by atoms with van der Waals surface area (Å²) >= 11 is 0. The van der Waals surface area contributed by atoms with Gasteiger partial charge >= 0.3 is 0 Å². The van der Waals surface area contributed by atoms with Gasteiger partial charge in [-0.25, -0.2) is 0 Å². The zero-order chi connectivity index (χ0) is 13.8. The maximum Gasteiger partial charge on any atom is 0.0448 e. The van der Waals surface area contributed by atoms with E-state index in [1.807, 2.05) is 6.20 Å². The Morgan fingerprint density at radius 3 is 2.84 bits per heavy atom. The average Bonchev–Trinajstić information content (AvgIpc) is 2.70. The summed E-state index contributed by atoms with van der Waals surface area (Å²) in [7, 11) is 0. The fraction of sp³-hybridized carbons (Fsp3) is 0.688. The molecule has 1 aromatic rings. The molecular weight excluding hydrogens is 234 g/mol. The van der Waals surface area contributed by atoms with E-state index in [1.54, 1.807) is 0 Å². The first-order valence-electron chi connectivity index (χ1n) is 7.54. The highest BCUT2D eigenvalue weighted by Gasteiger charge is 2.27. The second kappa shape index (κ2) is 6.38. The Labute approximate surface area is 117 Å². The van der Waals surface area contributed by atoms with Crippen LogP contribution in [0, 0.1) is 12.8 Å². The van der Waals surface area contributed by atoms with Gasteiger partial charge in [-0.3, -0.25) is 4.98 Å². The van der Waals surface area contributed by atoms with E-state index in [4.69, 9.17) is 0 Å². The summed E-state index contributed by atoms with van der Waals surface area (Å²) in [5, 5.41) is 3.49. The number of nitrogens with zero attached hydrogens (tertiary/aromatic N) is 2. The first kappa shape index (κ1) is 14.3. The molecule has 2 heterocycles. The van der Waals surface area contributed by atoms with Gasteiger partial charge in [0.2, 0.25) is 0 Å². The lowest BCUT2D eigenvalue weighted by atomic mass is 10.1. The fourth-order valence-electron chi connectivity index (χ4n) is 3.01. The molecule has 1 aliphatic heterocycles. The van der Waals surface area contributed by atoms with Crippen molar-refractivity contribution in [2.45, 2.75) is 53.1 Å². The molecule has 2 atom stereocenters. The zero-order valence-corrected chi connectivity index (χ0v) is 12.7. The summed E-state index contributed by atoms with van der Waals surface area (Å²) in [6.07, 6.45) is 4.51. The van der Waals surface area contributed by atoms with Gasteiger partial charge < -0.3 is 10.2 Å². The van der Waals surface area contributed by atoms with Crippen molar-refractivity contribution in [2.24, 2.45) is 5.92 Å². The Kier molecular flexibility index (Phi) is 4.81. The molecule has 0 amide bonds. The summed E-state index contributed by atoms with van der Waals surface area (Å²) in [4.78, 5) is 7.03. The third-order valence-corrected chi connectivity index (χ3v) is 3.93. The zero-order valence-electron chi connectivity index (χ0n) is 12.7. The van der Waals surface area contributed by atoms with Crippen molar-refractivity contribution in [1.82, 2.24) is 10.3 Å². The van der Waals surface area contributed by atoms with Gasteiger partial charge in [0.15, 0.2) is 0 Å². The molecule has 0 radical (unpaired) electrons. The molecule has 3 heteroatoms. The van der Waals surface area contributed by atoms with Crippen molar-refractivity contribution >= 4 is 5.69 Å². The summed E-state index contributed by atoms with van der Waals surface area (Å²) in [5.74, 6) is 0.792. The number of nitrogens with one attached hydrogen (secondary N) is 1. The van der Waals surface area contributed by atoms with Gasteiger partial charge in [0, 0.05) is 42.3 Å². The average molecular weight is 261 g/mol. The predicted molar refractivity (Wildman–Crippen MR) is 81.6 cm³/mol. The summed E-state index contributed by atoms with van der Waals surface area (Å²) in [6.45, 7) is 12.1. The molecule has 3 nitrogen and oxygen atoms in total. The van der Waals surface area contributed by atoms with E-state index < -0.39 is 0 Å². The Balaban J connectivity index is 2.19. The third kappa shape index (κ3) is 3.47. The molecule has 1 aliphatic rings. The van der Waals surface area contributed by atoms with Gasteiger partial charge in [0.1, 0.15) is 0 Å². The van der Waals surface area contributed by atoms with Gasteiger partial charge in [-0.2, -0.15) is 0 Å². The Morgan fingerprint density at radius 1 is 1.42 bits per heavy atom. The minimum absolute atomic E-state index is 0.640. The van der Waals surface area contributed by atoms with E-state index in [2.05, 4.69) is 49.0 Å². The molecule has 0 aromatic carbocycles. The lowest BCUT2D eigenvalue weighted by Crippen LogP contribution is -2.29. The Morgan fingerprint density at radius 2 is 2.21 bits per heavy atom. The van der Waals surface area contributed by atoms with Gasteiger partial charge in [-0.1, -0.05) is 13.8 Å². The first-order valence-corrected chi connectivity index (χ1v) is 7.54. The topological polar surface area (TPSA) is 28.2 Å². The van der Waals surface area contributed by atoms with Crippen molar-refractivity contribution in [1.29, 1.82) is 0 Å². The fourth-order valence-corrected chi connectivity index (χ4v) is 3.01. The molecular formula is C16H27N3.